The molecule has 1 aliphatic carbocycles. The van der Waals surface area contributed by atoms with E-state index < -0.39 is 0 Å². The summed E-state index contributed by atoms with van der Waals surface area (Å²) in [5.74, 6) is 2.40. The normalized spacial score (nSPS) is 13.8. The van der Waals surface area contributed by atoms with E-state index in [0.717, 1.165) is 12.8 Å². The molecule has 1 aliphatic rings. The van der Waals surface area contributed by atoms with Crippen LogP contribution >= 0.6 is 0 Å². The number of ketones is 1. The van der Waals surface area contributed by atoms with Gasteiger partial charge in [0.05, 0.1) is 21.3 Å². The molecule has 5 nitrogen and oxygen atoms in total. The number of Topliss-reactive ketones (excluding diaryl/α,β-unsaturated/α-hetero) is 1. The van der Waals surface area contributed by atoms with Gasteiger partial charge in [0.2, 0.25) is 5.75 Å². The van der Waals surface area contributed by atoms with E-state index in [1.165, 1.54) is 21.3 Å². The van der Waals surface area contributed by atoms with Gasteiger partial charge in [-0.3, -0.25) is 4.79 Å². The van der Waals surface area contributed by atoms with Crippen LogP contribution in [0.25, 0.3) is 0 Å². The fourth-order valence-corrected chi connectivity index (χ4v) is 1.82. The molecule has 104 valence electrons. The minimum absolute atomic E-state index is 0.0866. The Morgan fingerprint density at radius 3 is 2.11 bits per heavy atom. The van der Waals surface area contributed by atoms with Crippen molar-refractivity contribution in [2.45, 2.75) is 12.8 Å². The fraction of sp³-hybridized carbons (Fsp3) is 0.500. The minimum atomic E-state index is 0.0866. The first-order valence-corrected chi connectivity index (χ1v) is 6.15. The largest absolute Gasteiger partial charge is 0.493 e. The highest BCUT2D eigenvalue weighted by Gasteiger charge is 2.29. The summed E-state index contributed by atoms with van der Waals surface area (Å²) in [5, 5.41) is 0. The van der Waals surface area contributed by atoms with Crippen LogP contribution in [0.2, 0.25) is 0 Å². The molecule has 0 aromatic heterocycles. The molecular weight excluding hydrogens is 248 g/mol. The zero-order valence-electron chi connectivity index (χ0n) is 11.4. The van der Waals surface area contributed by atoms with Crippen LogP contribution in [0.4, 0.5) is 0 Å². The Morgan fingerprint density at radius 1 is 1.11 bits per heavy atom. The maximum Gasteiger partial charge on any atom is 0.203 e. The topological polar surface area (TPSA) is 54.0 Å². The molecule has 0 bridgehead atoms. The molecule has 0 heterocycles. The summed E-state index contributed by atoms with van der Waals surface area (Å²) in [6.45, 7) is 0.0866. The van der Waals surface area contributed by atoms with Crippen molar-refractivity contribution >= 4 is 5.78 Å². The molecule has 0 atom stereocenters. The first-order valence-electron chi connectivity index (χ1n) is 6.15. The Labute approximate surface area is 112 Å². The number of rotatable bonds is 7. The van der Waals surface area contributed by atoms with Gasteiger partial charge in [-0.2, -0.15) is 0 Å². The standard InChI is InChI=1S/C14H18O5/c1-16-12-6-10(7-13(17-2)14(12)18-3)19-8-11(15)9-4-5-9/h6-7,9H,4-5,8H2,1-3H3. The quantitative estimate of drug-likeness (QED) is 0.756. The van der Waals surface area contributed by atoms with Crippen LogP contribution in [0.3, 0.4) is 0 Å². The molecule has 2 rings (SSSR count). The van der Waals surface area contributed by atoms with Crippen molar-refractivity contribution in [1.82, 2.24) is 0 Å². The summed E-state index contributed by atoms with van der Waals surface area (Å²) < 4.78 is 21.1. The number of benzene rings is 1. The lowest BCUT2D eigenvalue weighted by Crippen LogP contribution is -2.13. The van der Waals surface area contributed by atoms with E-state index in [1.54, 1.807) is 12.1 Å². The van der Waals surface area contributed by atoms with Gasteiger partial charge in [-0.25, -0.2) is 0 Å². The van der Waals surface area contributed by atoms with Crippen LogP contribution in [0.1, 0.15) is 12.8 Å². The molecule has 0 spiro atoms. The Balaban J connectivity index is 2.13. The van der Waals surface area contributed by atoms with Crippen molar-refractivity contribution in [1.29, 1.82) is 0 Å². The summed E-state index contributed by atoms with van der Waals surface area (Å²) in [4.78, 5) is 11.6. The van der Waals surface area contributed by atoms with Crippen molar-refractivity contribution in [3.8, 4) is 23.0 Å². The van der Waals surface area contributed by atoms with Crippen LogP contribution in [0, 0.1) is 5.92 Å². The third-order valence-corrected chi connectivity index (χ3v) is 3.05. The van der Waals surface area contributed by atoms with Gasteiger partial charge in [0.1, 0.15) is 12.4 Å². The highest BCUT2D eigenvalue weighted by atomic mass is 16.5. The maximum absolute atomic E-state index is 11.6. The molecule has 1 fully saturated rings. The number of methoxy groups -OCH3 is 3. The molecule has 5 heteroatoms. The predicted octanol–water partition coefficient (Wildman–Crippen LogP) is 2.07. The van der Waals surface area contributed by atoms with Crippen LogP contribution in [0.15, 0.2) is 12.1 Å². The smallest absolute Gasteiger partial charge is 0.203 e. The van der Waals surface area contributed by atoms with Crippen LogP contribution in [-0.2, 0) is 4.79 Å². The van der Waals surface area contributed by atoms with Crippen molar-refractivity contribution in [2.24, 2.45) is 5.92 Å². The van der Waals surface area contributed by atoms with E-state index >= 15 is 0 Å². The second-order valence-electron chi connectivity index (χ2n) is 4.39. The third kappa shape index (κ3) is 3.10. The average molecular weight is 266 g/mol. The Bertz CT molecular complexity index is 440. The van der Waals surface area contributed by atoms with E-state index in [4.69, 9.17) is 18.9 Å². The number of ether oxygens (including phenoxy) is 4. The molecule has 0 amide bonds. The highest BCUT2D eigenvalue weighted by Crippen LogP contribution is 2.41. The third-order valence-electron chi connectivity index (χ3n) is 3.05. The number of carbonyl (C=O) groups is 1. The van der Waals surface area contributed by atoms with Crippen molar-refractivity contribution in [2.75, 3.05) is 27.9 Å². The SMILES string of the molecule is COc1cc(OCC(=O)C2CC2)cc(OC)c1OC. The van der Waals surface area contributed by atoms with E-state index in [9.17, 15) is 4.79 Å². The van der Waals surface area contributed by atoms with Crippen LogP contribution in [0.5, 0.6) is 23.0 Å². The number of hydrogen-bond donors (Lipinski definition) is 0. The lowest BCUT2D eigenvalue weighted by molar-refractivity contribution is -0.122. The second kappa shape index (κ2) is 5.82. The van der Waals surface area contributed by atoms with E-state index in [-0.39, 0.29) is 18.3 Å². The van der Waals surface area contributed by atoms with Gasteiger partial charge in [0, 0.05) is 18.1 Å². The van der Waals surface area contributed by atoms with Gasteiger partial charge in [-0.05, 0) is 12.8 Å². The van der Waals surface area contributed by atoms with E-state index in [2.05, 4.69) is 0 Å². The summed E-state index contributed by atoms with van der Waals surface area (Å²) in [5.41, 5.74) is 0. The summed E-state index contributed by atoms with van der Waals surface area (Å²) in [6, 6.07) is 3.36. The zero-order chi connectivity index (χ0) is 13.8. The molecule has 0 saturated heterocycles. The molecule has 1 saturated carbocycles. The molecule has 0 radical (unpaired) electrons. The molecule has 0 unspecified atom stereocenters. The van der Waals surface area contributed by atoms with Gasteiger partial charge < -0.3 is 18.9 Å². The molecule has 19 heavy (non-hydrogen) atoms. The van der Waals surface area contributed by atoms with Gasteiger partial charge in [-0.1, -0.05) is 0 Å². The monoisotopic (exact) mass is 266 g/mol. The Morgan fingerprint density at radius 2 is 1.68 bits per heavy atom. The molecule has 0 aliphatic heterocycles. The van der Waals surface area contributed by atoms with Crippen molar-refractivity contribution in [3.05, 3.63) is 12.1 Å². The second-order valence-corrected chi connectivity index (χ2v) is 4.39. The predicted molar refractivity (Wildman–Crippen MR) is 69.3 cm³/mol. The van der Waals surface area contributed by atoms with Crippen LogP contribution in [-0.4, -0.2) is 33.7 Å². The molecule has 0 N–H and O–H groups in total. The van der Waals surface area contributed by atoms with E-state index in [0.29, 0.717) is 23.0 Å². The highest BCUT2D eigenvalue weighted by molar-refractivity contribution is 5.84. The van der Waals surface area contributed by atoms with Gasteiger partial charge in [-0.15, -0.1) is 0 Å². The lowest BCUT2D eigenvalue weighted by Gasteiger charge is -2.14. The maximum atomic E-state index is 11.6. The first kappa shape index (κ1) is 13.5. The fourth-order valence-electron chi connectivity index (χ4n) is 1.82. The van der Waals surface area contributed by atoms with E-state index in [1.807, 2.05) is 0 Å². The summed E-state index contributed by atoms with van der Waals surface area (Å²) >= 11 is 0. The number of carbonyl (C=O) groups excluding carboxylic acids is 1. The number of hydrogen-bond acceptors (Lipinski definition) is 5. The van der Waals surface area contributed by atoms with Gasteiger partial charge >= 0.3 is 0 Å². The Kier molecular flexibility index (Phi) is 4.14. The summed E-state index contributed by atoms with van der Waals surface area (Å²) in [6.07, 6.45) is 1.97. The first-order chi connectivity index (χ1) is 9.19. The summed E-state index contributed by atoms with van der Waals surface area (Å²) in [7, 11) is 4.62. The molecule has 1 aromatic carbocycles. The Hall–Kier alpha value is -1.91. The minimum Gasteiger partial charge on any atom is -0.493 e. The molecule has 1 aromatic rings. The van der Waals surface area contributed by atoms with Gasteiger partial charge in [0.25, 0.3) is 0 Å². The lowest BCUT2D eigenvalue weighted by atomic mass is 10.2. The zero-order valence-corrected chi connectivity index (χ0v) is 11.4. The molecular formula is C14H18O5. The average Bonchev–Trinajstić information content (AvgIpc) is 3.27. The van der Waals surface area contributed by atoms with Gasteiger partial charge in [0.15, 0.2) is 17.3 Å². The van der Waals surface area contributed by atoms with Crippen molar-refractivity contribution in [3.63, 3.8) is 0 Å². The van der Waals surface area contributed by atoms with Crippen molar-refractivity contribution < 1.29 is 23.7 Å². The van der Waals surface area contributed by atoms with Crippen LogP contribution < -0.4 is 18.9 Å².